The van der Waals surface area contributed by atoms with Crippen molar-refractivity contribution in [3.05, 3.63) is 83.9 Å². The summed E-state index contributed by atoms with van der Waals surface area (Å²) < 4.78 is 0. The van der Waals surface area contributed by atoms with Crippen LogP contribution >= 0.6 is 0 Å². The normalized spacial score (nSPS) is 13.4. The molecule has 25 heavy (non-hydrogen) atoms. The van der Waals surface area contributed by atoms with Crippen LogP contribution in [0.5, 0.6) is 0 Å². The summed E-state index contributed by atoms with van der Waals surface area (Å²) in [5, 5.41) is 5.54. The molecule has 1 unspecified atom stereocenters. The van der Waals surface area contributed by atoms with E-state index in [0.29, 0.717) is 6.54 Å². The van der Waals surface area contributed by atoms with Gasteiger partial charge in [0.1, 0.15) is 6.54 Å². The molecule has 0 radical (unpaired) electrons. The van der Waals surface area contributed by atoms with Crippen molar-refractivity contribution in [2.24, 2.45) is 0 Å². The Labute approximate surface area is 149 Å². The lowest BCUT2D eigenvalue weighted by atomic mass is 10.00. The third-order valence-electron chi connectivity index (χ3n) is 4.48. The highest BCUT2D eigenvalue weighted by Gasteiger charge is 2.15. The lowest BCUT2D eigenvalue weighted by Gasteiger charge is -2.19. The van der Waals surface area contributed by atoms with Gasteiger partial charge >= 0.3 is 0 Å². The topological polar surface area (TPSA) is 33.5 Å². The number of benzene rings is 3. The van der Waals surface area contributed by atoms with E-state index in [9.17, 15) is 4.79 Å². The summed E-state index contributed by atoms with van der Waals surface area (Å²) in [5.74, 6) is 0.0777. The van der Waals surface area contributed by atoms with Gasteiger partial charge in [0, 0.05) is 5.56 Å². The second kappa shape index (κ2) is 7.95. The number of fused-ring (bicyclic) bond motifs is 1. The predicted octanol–water partition coefficient (Wildman–Crippen LogP) is 2.73. The van der Waals surface area contributed by atoms with Crippen LogP contribution in [0.4, 0.5) is 0 Å². The van der Waals surface area contributed by atoms with Gasteiger partial charge in [-0.1, -0.05) is 72.8 Å². The highest BCUT2D eigenvalue weighted by Crippen LogP contribution is 2.23. The number of hydrogen-bond donors (Lipinski definition) is 2. The third kappa shape index (κ3) is 4.46. The van der Waals surface area contributed by atoms with Gasteiger partial charge in [-0.3, -0.25) is 4.79 Å². The van der Waals surface area contributed by atoms with E-state index in [1.807, 2.05) is 43.3 Å². The van der Waals surface area contributed by atoms with Gasteiger partial charge in [0.25, 0.3) is 5.91 Å². The van der Waals surface area contributed by atoms with Crippen molar-refractivity contribution in [1.29, 1.82) is 0 Å². The fourth-order valence-electron chi connectivity index (χ4n) is 3.28. The molecule has 0 spiro atoms. The second-order valence-electron chi connectivity index (χ2n) is 6.65. The van der Waals surface area contributed by atoms with Gasteiger partial charge in [0.15, 0.2) is 6.54 Å². The third-order valence-corrected chi connectivity index (χ3v) is 4.48. The quantitative estimate of drug-likeness (QED) is 0.714. The summed E-state index contributed by atoms with van der Waals surface area (Å²) in [6.45, 7) is 3.35. The molecule has 0 heterocycles. The molecule has 3 heteroatoms. The molecule has 0 aliphatic heterocycles. The molecule has 128 valence electrons. The lowest BCUT2D eigenvalue weighted by Crippen LogP contribution is -3.08. The molecule has 3 aromatic carbocycles. The first-order chi connectivity index (χ1) is 12.1. The number of carbonyl (C=O) groups is 1. The largest absolute Gasteiger partial charge is 0.345 e. The molecule has 3 aromatic rings. The van der Waals surface area contributed by atoms with Crippen LogP contribution in [0.1, 0.15) is 24.1 Å². The van der Waals surface area contributed by atoms with Gasteiger partial charge in [-0.25, -0.2) is 0 Å². The van der Waals surface area contributed by atoms with E-state index in [2.05, 4.69) is 48.8 Å². The number of carbonyl (C=O) groups excluding carboxylic acids is 1. The van der Waals surface area contributed by atoms with Crippen LogP contribution in [-0.2, 0) is 11.3 Å². The molecule has 1 amide bonds. The van der Waals surface area contributed by atoms with Crippen LogP contribution in [-0.4, -0.2) is 19.5 Å². The number of quaternary nitrogens is 1. The Hall–Kier alpha value is -2.65. The molecule has 0 bridgehead atoms. The fraction of sp³-hybridized carbons (Fsp3) is 0.227. The molecule has 2 atom stereocenters. The molecule has 3 rings (SSSR count). The molecule has 0 aliphatic rings. The van der Waals surface area contributed by atoms with E-state index in [0.717, 1.165) is 12.1 Å². The first-order valence-electron chi connectivity index (χ1n) is 8.76. The minimum absolute atomic E-state index is 0.0110. The Morgan fingerprint density at radius 1 is 0.960 bits per heavy atom. The highest BCUT2D eigenvalue weighted by molar-refractivity contribution is 5.87. The Morgan fingerprint density at radius 2 is 1.64 bits per heavy atom. The van der Waals surface area contributed by atoms with E-state index >= 15 is 0 Å². The predicted molar refractivity (Wildman–Crippen MR) is 102 cm³/mol. The van der Waals surface area contributed by atoms with Crippen molar-refractivity contribution in [3.63, 3.8) is 0 Å². The van der Waals surface area contributed by atoms with E-state index in [4.69, 9.17) is 0 Å². The molecular formula is C22H25N2O+. The molecule has 0 fully saturated rings. The van der Waals surface area contributed by atoms with Crippen molar-refractivity contribution in [3.8, 4) is 0 Å². The molecule has 3 nitrogen and oxygen atoms in total. The summed E-state index contributed by atoms with van der Waals surface area (Å²) in [6.07, 6.45) is 0. The molecule has 0 aromatic heterocycles. The minimum atomic E-state index is -0.0110. The number of likely N-dealkylation sites (N-methyl/N-ethyl adjacent to an activating group) is 1. The maximum Gasteiger partial charge on any atom is 0.275 e. The van der Waals surface area contributed by atoms with E-state index in [-0.39, 0.29) is 11.9 Å². The molecule has 2 N–H and O–H groups in total. The Balaban J connectivity index is 1.62. The maximum absolute atomic E-state index is 12.4. The average Bonchev–Trinajstić information content (AvgIpc) is 2.61. The van der Waals surface area contributed by atoms with Crippen LogP contribution in [0.25, 0.3) is 10.8 Å². The zero-order valence-electron chi connectivity index (χ0n) is 14.8. The Morgan fingerprint density at radius 3 is 2.44 bits per heavy atom. The summed E-state index contributed by atoms with van der Waals surface area (Å²) in [5.41, 5.74) is 2.40. The minimum Gasteiger partial charge on any atom is -0.345 e. The standard InChI is InChI=1S/C22H24N2O/c1-17(20-14-8-12-19-11-6-7-13-21(19)20)23-22(25)16-24(2)15-18-9-4-3-5-10-18/h3-14,17H,15-16H2,1-2H3,(H,23,25)/p+1/t17-/m0/s1. The van der Waals surface area contributed by atoms with Gasteiger partial charge < -0.3 is 10.2 Å². The summed E-state index contributed by atoms with van der Waals surface area (Å²) in [7, 11) is 2.05. The monoisotopic (exact) mass is 333 g/mol. The first-order valence-corrected chi connectivity index (χ1v) is 8.76. The molecular weight excluding hydrogens is 308 g/mol. The van der Waals surface area contributed by atoms with E-state index in [1.54, 1.807) is 0 Å². The van der Waals surface area contributed by atoms with Crippen molar-refractivity contribution < 1.29 is 9.69 Å². The Kier molecular flexibility index (Phi) is 5.46. The number of hydrogen-bond acceptors (Lipinski definition) is 1. The zero-order valence-corrected chi connectivity index (χ0v) is 14.8. The van der Waals surface area contributed by atoms with Gasteiger partial charge in [-0.15, -0.1) is 0 Å². The van der Waals surface area contributed by atoms with Gasteiger partial charge in [0.05, 0.1) is 13.1 Å². The van der Waals surface area contributed by atoms with Crippen LogP contribution in [0.2, 0.25) is 0 Å². The number of amides is 1. The maximum atomic E-state index is 12.4. The first kappa shape index (κ1) is 17.2. The zero-order chi connectivity index (χ0) is 17.6. The van der Waals surface area contributed by atoms with E-state index < -0.39 is 0 Å². The van der Waals surface area contributed by atoms with Gasteiger partial charge in [-0.05, 0) is 23.3 Å². The lowest BCUT2D eigenvalue weighted by molar-refractivity contribution is -0.885. The average molecular weight is 333 g/mol. The van der Waals surface area contributed by atoms with Gasteiger partial charge in [0.2, 0.25) is 0 Å². The van der Waals surface area contributed by atoms with Crippen LogP contribution in [0.15, 0.2) is 72.8 Å². The fourth-order valence-corrected chi connectivity index (χ4v) is 3.28. The van der Waals surface area contributed by atoms with Crippen molar-refractivity contribution in [2.45, 2.75) is 19.5 Å². The smallest absolute Gasteiger partial charge is 0.275 e. The SMILES string of the molecule is C[C@H](NC(=O)C[NH+](C)Cc1ccccc1)c1cccc2ccccc12. The van der Waals surface area contributed by atoms with Crippen LogP contribution in [0.3, 0.4) is 0 Å². The second-order valence-corrected chi connectivity index (χ2v) is 6.65. The van der Waals surface area contributed by atoms with E-state index in [1.165, 1.54) is 21.2 Å². The van der Waals surface area contributed by atoms with Crippen molar-refractivity contribution in [2.75, 3.05) is 13.6 Å². The highest BCUT2D eigenvalue weighted by atomic mass is 16.2. The van der Waals surface area contributed by atoms with Gasteiger partial charge in [-0.2, -0.15) is 0 Å². The molecule has 0 saturated carbocycles. The van der Waals surface area contributed by atoms with Crippen LogP contribution < -0.4 is 10.2 Å². The van der Waals surface area contributed by atoms with Crippen molar-refractivity contribution >= 4 is 16.7 Å². The summed E-state index contributed by atoms with van der Waals surface area (Å²) in [4.78, 5) is 13.6. The summed E-state index contributed by atoms with van der Waals surface area (Å²) in [6, 6.07) is 24.8. The molecule has 0 saturated heterocycles. The Bertz CT molecular complexity index is 840. The number of nitrogens with one attached hydrogen (secondary N) is 2. The number of rotatable bonds is 6. The van der Waals surface area contributed by atoms with Crippen molar-refractivity contribution in [1.82, 2.24) is 5.32 Å². The molecule has 0 aliphatic carbocycles. The van der Waals surface area contributed by atoms with Crippen LogP contribution in [0, 0.1) is 0 Å². The summed E-state index contributed by atoms with van der Waals surface area (Å²) >= 11 is 0.